The van der Waals surface area contributed by atoms with Gasteiger partial charge in [0.05, 0.1) is 18.4 Å². The van der Waals surface area contributed by atoms with Crippen LogP contribution in [0.15, 0.2) is 42.6 Å². The summed E-state index contributed by atoms with van der Waals surface area (Å²) in [6.07, 6.45) is 1.53. The van der Waals surface area contributed by atoms with Gasteiger partial charge < -0.3 is 20.3 Å². The van der Waals surface area contributed by atoms with Gasteiger partial charge in [0.1, 0.15) is 11.6 Å². The standard InChI is InChI=1S/C17H20N4O2/c1-23-15-5-3-2-4-14(15)20-8-10-21(11-9-20)17(22)13-6-7-16(18)19-12-13/h2-7,12H,8-11H2,1H3,(H2,18,19). The average Bonchev–Trinajstić information content (AvgIpc) is 2.62. The number of nitrogen functional groups attached to an aromatic ring is 1. The van der Waals surface area contributed by atoms with E-state index in [1.807, 2.05) is 29.2 Å². The third-order valence-electron chi connectivity index (χ3n) is 4.03. The number of nitrogens with zero attached hydrogens (tertiary/aromatic N) is 3. The lowest BCUT2D eigenvalue weighted by Crippen LogP contribution is -2.48. The maximum atomic E-state index is 12.5. The van der Waals surface area contributed by atoms with Gasteiger partial charge in [-0.2, -0.15) is 0 Å². The second kappa shape index (κ2) is 6.56. The van der Waals surface area contributed by atoms with Crippen LogP contribution >= 0.6 is 0 Å². The first-order valence-corrected chi connectivity index (χ1v) is 7.58. The van der Waals surface area contributed by atoms with Crippen LogP contribution in [-0.4, -0.2) is 49.1 Å². The lowest BCUT2D eigenvalue weighted by atomic mass is 10.2. The molecule has 6 nitrogen and oxygen atoms in total. The van der Waals surface area contributed by atoms with Crippen molar-refractivity contribution in [2.75, 3.05) is 43.9 Å². The molecule has 23 heavy (non-hydrogen) atoms. The number of ether oxygens (including phenoxy) is 1. The molecule has 6 heteroatoms. The summed E-state index contributed by atoms with van der Waals surface area (Å²) in [5.41, 5.74) is 7.20. The van der Waals surface area contributed by atoms with Crippen LogP contribution in [0.2, 0.25) is 0 Å². The van der Waals surface area contributed by atoms with E-state index in [1.165, 1.54) is 6.20 Å². The van der Waals surface area contributed by atoms with E-state index in [0.29, 0.717) is 24.5 Å². The Bertz CT molecular complexity index is 679. The molecule has 1 aromatic heterocycles. The molecule has 1 aromatic carbocycles. The smallest absolute Gasteiger partial charge is 0.255 e. The number of carbonyl (C=O) groups excluding carboxylic acids is 1. The van der Waals surface area contributed by atoms with Gasteiger partial charge >= 0.3 is 0 Å². The molecule has 2 N–H and O–H groups in total. The third-order valence-corrected chi connectivity index (χ3v) is 4.03. The minimum Gasteiger partial charge on any atom is -0.495 e. The molecule has 120 valence electrons. The highest BCUT2D eigenvalue weighted by molar-refractivity contribution is 5.94. The quantitative estimate of drug-likeness (QED) is 0.933. The molecule has 0 spiro atoms. The van der Waals surface area contributed by atoms with Crippen molar-refractivity contribution in [3.63, 3.8) is 0 Å². The van der Waals surface area contributed by atoms with Crippen LogP contribution in [0.5, 0.6) is 5.75 Å². The fourth-order valence-electron chi connectivity index (χ4n) is 2.76. The molecule has 3 rings (SSSR count). The summed E-state index contributed by atoms with van der Waals surface area (Å²) in [4.78, 5) is 20.5. The lowest BCUT2D eigenvalue weighted by molar-refractivity contribution is 0.0746. The van der Waals surface area contributed by atoms with Crippen molar-refractivity contribution >= 4 is 17.4 Å². The van der Waals surface area contributed by atoms with E-state index in [0.717, 1.165) is 24.5 Å². The Labute approximate surface area is 135 Å². The molecule has 0 radical (unpaired) electrons. The third kappa shape index (κ3) is 3.21. The summed E-state index contributed by atoms with van der Waals surface area (Å²) in [6, 6.07) is 11.3. The number of anilines is 2. The number of piperazine rings is 1. The molecule has 1 saturated heterocycles. The van der Waals surface area contributed by atoms with Gasteiger partial charge in [0, 0.05) is 32.4 Å². The molecule has 2 heterocycles. The number of methoxy groups -OCH3 is 1. The van der Waals surface area contributed by atoms with Crippen LogP contribution in [0.3, 0.4) is 0 Å². The molecule has 0 bridgehead atoms. The average molecular weight is 312 g/mol. The summed E-state index contributed by atoms with van der Waals surface area (Å²) < 4.78 is 5.41. The number of aromatic nitrogens is 1. The number of hydrogen-bond acceptors (Lipinski definition) is 5. The second-order valence-corrected chi connectivity index (χ2v) is 5.42. The highest BCUT2D eigenvalue weighted by atomic mass is 16.5. The van der Waals surface area contributed by atoms with E-state index in [1.54, 1.807) is 19.2 Å². The van der Waals surface area contributed by atoms with Gasteiger partial charge in [-0.05, 0) is 24.3 Å². The minimum atomic E-state index is -0.00261. The molecule has 1 aliphatic heterocycles. The van der Waals surface area contributed by atoms with Crippen molar-refractivity contribution in [3.05, 3.63) is 48.2 Å². The van der Waals surface area contributed by atoms with E-state index in [9.17, 15) is 4.79 Å². The maximum Gasteiger partial charge on any atom is 0.255 e. The van der Waals surface area contributed by atoms with E-state index >= 15 is 0 Å². The molecule has 1 amide bonds. The fourth-order valence-corrected chi connectivity index (χ4v) is 2.76. The number of nitrogens with two attached hydrogens (primary N) is 1. The van der Waals surface area contributed by atoms with Gasteiger partial charge in [-0.15, -0.1) is 0 Å². The van der Waals surface area contributed by atoms with Crippen molar-refractivity contribution < 1.29 is 9.53 Å². The molecule has 0 unspecified atom stereocenters. The molecule has 1 fully saturated rings. The Morgan fingerprint density at radius 1 is 1.13 bits per heavy atom. The van der Waals surface area contributed by atoms with E-state index in [2.05, 4.69) is 9.88 Å². The number of hydrogen-bond donors (Lipinski definition) is 1. The number of amides is 1. The van der Waals surface area contributed by atoms with Crippen molar-refractivity contribution in [3.8, 4) is 5.75 Å². The summed E-state index contributed by atoms with van der Waals surface area (Å²) in [7, 11) is 1.67. The topological polar surface area (TPSA) is 71.7 Å². The lowest BCUT2D eigenvalue weighted by Gasteiger charge is -2.36. The number of carbonyl (C=O) groups is 1. The van der Waals surface area contributed by atoms with Crippen molar-refractivity contribution in [2.24, 2.45) is 0 Å². The van der Waals surface area contributed by atoms with Crippen molar-refractivity contribution in [1.82, 2.24) is 9.88 Å². The van der Waals surface area contributed by atoms with Gasteiger partial charge in [-0.3, -0.25) is 4.79 Å². The van der Waals surface area contributed by atoms with Gasteiger partial charge in [0.25, 0.3) is 5.91 Å². The fraction of sp³-hybridized carbons (Fsp3) is 0.294. The van der Waals surface area contributed by atoms with Gasteiger partial charge in [-0.1, -0.05) is 12.1 Å². The Morgan fingerprint density at radius 2 is 1.87 bits per heavy atom. The maximum absolute atomic E-state index is 12.5. The Hall–Kier alpha value is -2.76. The van der Waals surface area contributed by atoms with Crippen molar-refractivity contribution in [2.45, 2.75) is 0 Å². The highest BCUT2D eigenvalue weighted by Crippen LogP contribution is 2.28. The molecule has 0 saturated carbocycles. The summed E-state index contributed by atoms with van der Waals surface area (Å²) in [6.45, 7) is 2.88. The number of para-hydroxylation sites is 2. The van der Waals surface area contributed by atoms with Gasteiger partial charge in [0.2, 0.25) is 0 Å². The first-order chi connectivity index (χ1) is 11.2. The van der Waals surface area contributed by atoms with Crippen LogP contribution in [0.4, 0.5) is 11.5 Å². The van der Waals surface area contributed by atoms with Crippen LogP contribution in [0.25, 0.3) is 0 Å². The SMILES string of the molecule is COc1ccccc1N1CCN(C(=O)c2ccc(N)nc2)CC1. The monoisotopic (exact) mass is 312 g/mol. The molecule has 0 atom stereocenters. The number of pyridine rings is 1. The normalized spacial score (nSPS) is 14.7. The highest BCUT2D eigenvalue weighted by Gasteiger charge is 2.23. The Morgan fingerprint density at radius 3 is 2.52 bits per heavy atom. The Balaban J connectivity index is 1.66. The zero-order chi connectivity index (χ0) is 16.2. The number of benzene rings is 1. The van der Waals surface area contributed by atoms with Crippen LogP contribution in [0, 0.1) is 0 Å². The molecular weight excluding hydrogens is 292 g/mol. The summed E-state index contributed by atoms with van der Waals surface area (Å²) in [5, 5.41) is 0. The van der Waals surface area contributed by atoms with Crippen LogP contribution in [0.1, 0.15) is 10.4 Å². The first kappa shape index (κ1) is 15.1. The largest absolute Gasteiger partial charge is 0.495 e. The summed E-state index contributed by atoms with van der Waals surface area (Å²) >= 11 is 0. The molecule has 0 aliphatic carbocycles. The van der Waals surface area contributed by atoms with E-state index < -0.39 is 0 Å². The minimum absolute atomic E-state index is 0.00261. The molecule has 2 aromatic rings. The van der Waals surface area contributed by atoms with Crippen LogP contribution < -0.4 is 15.4 Å². The number of rotatable bonds is 3. The molecule has 1 aliphatic rings. The zero-order valence-electron chi connectivity index (χ0n) is 13.1. The molecular formula is C17H20N4O2. The zero-order valence-corrected chi connectivity index (χ0v) is 13.1. The Kier molecular flexibility index (Phi) is 4.32. The van der Waals surface area contributed by atoms with Gasteiger partial charge in [-0.25, -0.2) is 4.98 Å². The van der Waals surface area contributed by atoms with E-state index in [-0.39, 0.29) is 5.91 Å². The van der Waals surface area contributed by atoms with Crippen LogP contribution in [-0.2, 0) is 0 Å². The summed E-state index contributed by atoms with van der Waals surface area (Å²) in [5.74, 6) is 1.27. The van der Waals surface area contributed by atoms with E-state index in [4.69, 9.17) is 10.5 Å². The van der Waals surface area contributed by atoms with Gasteiger partial charge in [0.15, 0.2) is 0 Å². The predicted molar refractivity (Wildman–Crippen MR) is 89.8 cm³/mol. The van der Waals surface area contributed by atoms with Crippen molar-refractivity contribution in [1.29, 1.82) is 0 Å². The predicted octanol–water partition coefficient (Wildman–Crippen LogP) is 1.63. The second-order valence-electron chi connectivity index (χ2n) is 5.42. The first-order valence-electron chi connectivity index (χ1n) is 7.58.